The van der Waals surface area contributed by atoms with Crippen molar-refractivity contribution in [2.24, 2.45) is 28.8 Å². The van der Waals surface area contributed by atoms with E-state index in [4.69, 9.17) is 33.7 Å². The van der Waals surface area contributed by atoms with E-state index in [1.165, 1.54) is 0 Å². The number of ether oxygens (including phenoxy) is 5. The lowest BCUT2D eigenvalue weighted by Gasteiger charge is -2.60. The third-order valence-corrected chi connectivity index (χ3v) is 13.3. The van der Waals surface area contributed by atoms with Crippen LogP contribution in [-0.4, -0.2) is 71.8 Å². The Kier molecular flexibility index (Phi) is 12.6. The van der Waals surface area contributed by atoms with Crippen LogP contribution in [0.5, 0.6) is 28.7 Å². The Morgan fingerprint density at radius 3 is 2.45 bits per heavy atom. The second-order valence-electron chi connectivity index (χ2n) is 17.2. The lowest BCUT2D eigenvalue weighted by Crippen LogP contribution is -2.70. The van der Waals surface area contributed by atoms with E-state index in [9.17, 15) is 15.0 Å². The Morgan fingerprint density at radius 2 is 1.66 bits per heavy atom. The molecular formula is C51H58N2O9. The molecule has 4 aromatic rings. The van der Waals surface area contributed by atoms with Crippen LogP contribution in [0.2, 0.25) is 0 Å². The smallest absolute Gasteiger partial charge is 0.239 e. The Balaban J connectivity index is 1.22. The number of amides is 1. The van der Waals surface area contributed by atoms with Crippen molar-refractivity contribution >= 4 is 22.4 Å². The summed E-state index contributed by atoms with van der Waals surface area (Å²) < 4.78 is 32.7. The maximum Gasteiger partial charge on any atom is 0.239 e. The van der Waals surface area contributed by atoms with Gasteiger partial charge < -0.3 is 43.6 Å². The summed E-state index contributed by atoms with van der Waals surface area (Å²) in [5, 5.41) is 27.0. The topological polar surface area (TPSA) is 129 Å². The molecule has 326 valence electrons. The van der Waals surface area contributed by atoms with Crippen molar-refractivity contribution in [3.63, 3.8) is 0 Å². The molecule has 6 unspecified atom stereocenters. The predicted octanol–water partition coefficient (Wildman–Crippen LogP) is 9.45. The molecule has 62 heavy (non-hydrogen) atoms. The number of rotatable bonds is 19. The molecule has 2 N–H and O–H groups in total. The van der Waals surface area contributed by atoms with Crippen molar-refractivity contribution in [2.75, 3.05) is 33.2 Å². The summed E-state index contributed by atoms with van der Waals surface area (Å²) >= 11 is 0. The van der Waals surface area contributed by atoms with Crippen LogP contribution in [0.4, 0.5) is 0 Å². The lowest BCUT2D eigenvalue weighted by molar-refractivity contribution is -0.258. The summed E-state index contributed by atoms with van der Waals surface area (Å²) in [6, 6.07) is 25.7. The van der Waals surface area contributed by atoms with Crippen LogP contribution in [0.1, 0.15) is 81.8 Å². The van der Waals surface area contributed by atoms with Gasteiger partial charge in [0.1, 0.15) is 29.9 Å². The lowest BCUT2D eigenvalue weighted by atomic mass is 9.55. The number of hydrogen-bond acceptors (Lipinski definition) is 10. The van der Waals surface area contributed by atoms with Gasteiger partial charge in [-0.1, -0.05) is 66.5 Å². The highest BCUT2D eigenvalue weighted by Gasteiger charge is 2.66. The SMILES string of the molecule is C=CCOC12Oc3ccc(Oc4ccc5ccccc5c4)cc3C3C(CCCCO)C(CCCCO)C=C(C(=NOCC)CC1N(Cc1ccc4c(c1)OCO4)C(=O)C1CC1)C32. The molecule has 11 nitrogen and oxygen atoms in total. The summed E-state index contributed by atoms with van der Waals surface area (Å²) in [6.45, 7) is 7.27. The molecule has 0 bridgehead atoms. The summed E-state index contributed by atoms with van der Waals surface area (Å²) in [5.41, 5.74) is 3.69. The molecule has 0 spiro atoms. The number of nitrogens with zero attached hydrogens (tertiary/aromatic N) is 2. The third kappa shape index (κ3) is 8.30. The first-order valence-electron chi connectivity index (χ1n) is 22.5. The molecule has 2 saturated carbocycles. The fourth-order valence-electron chi connectivity index (χ4n) is 10.4. The zero-order valence-corrected chi connectivity index (χ0v) is 35.6. The van der Waals surface area contributed by atoms with Crippen LogP contribution >= 0.6 is 0 Å². The van der Waals surface area contributed by atoms with Gasteiger partial charge >= 0.3 is 0 Å². The summed E-state index contributed by atoms with van der Waals surface area (Å²) in [6.07, 6.45) is 10.9. The molecule has 2 fully saturated rings. The molecule has 4 aromatic carbocycles. The van der Waals surface area contributed by atoms with Crippen LogP contribution in [0.15, 0.2) is 108 Å². The van der Waals surface area contributed by atoms with Gasteiger partial charge in [-0.3, -0.25) is 4.79 Å². The molecule has 11 heteroatoms. The zero-order valence-electron chi connectivity index (χ0n) is 35.6. The van der Waals surface area contributed by atoms with Gasteiger partial charge in [-0.25, -0.2) is 0 Å². The molecule has 6 atom stereocenters. The molecule has 9 rings (SSSR count). The number of oxime groups is 1. The summed E-state index contributed by atoms with van der Waals surface area (Å²) in [4.78, 5) is 22.8. The molecule has 2 aliphatic heterocycles. The second kappa shape index (κ2) is 18.5. The molecule has 0 radical (unpaired) electrons. The van der Waals surface area contributed by atoms with Gasteiger partial charge in [0, 0.05) is 43.6 Å². The maximum atomic E-state index is 14.9. The quantitative estimate of drug-likeness (QED) is 0.0539. The van der Waals surface area contributed by atoms with Gasteiger partial charge in [-0.2, -0.15) is 0 Å². The van der Waals surface area contributed by atoms with E-state index in [1.54, 1.807) is 6.08 Å². The number of carbonyl (C=O) groups excluding carboxylic acids is 1. The van der Waals surface area contributed by atoms with Crippen molar-refractivity contribution in [3.05, 3.63) is 114 Å². The number of benzene rings is 4. The number of allylic oxidation sites excluding steroid dienone is 1. The highest BCUT2D eigenvalue weighted by atomic mass is 16.7. The second-order valence-corrected chi connectivity index (χ2v) is 17.2. The largest absolute Gasteiger partial charge is 0.459 e. The fraction of sp³-hybridized carbons (Fsp3) is 0.451. The minimum absolute atomic E-state index is 0.0553. The Labute approximate surface area is 363 Å². The minimum atomic E-state index is -1.35. The average molecular weight is 843 g/mol. The standard InChI is InChI=1S/C51H58N2O9/c1-3-25-59-51-47(53(50(56)35-16-17-35)31-33-15-21-45-46(26-33)58-32-57-45)30-43(52-60-4-2)41-28-37(13-7-9-23-54)40(14-8-10-24-55)48(49(41)51)42-29-39(20-22-44(42)62-51)61-38-19-18-34-11-5-6-12-36(34)27-38/h3,5-6,11-12,15,18-22,26-29,35,37,40,47-49,54-55H,1,4,7-10,13-14,16-17,23-25,30-32H2,2H3. The highest BCUT2D eigenvalue weighted by Crippen LogP contribution is 2.62. The van der Waals surface area contributed by atoms with Crippen molar-refractivity contribution in [2.45, 2.75) is 89.0 Å². The van der Waals surface area contributed by atoms with Gasteiger partial charge in [0.15, 0.2) is 11.5 Å². The molecule has 5 aliphatic rings. The molecule has 0 saturated heterocycles. The van der Waals surface area contributed by atoms with Crippen molar-refractivity contribution in [1.29, 1.82) is 0 Å². The average Bonchev–Trinajstić information content (AvgIpc) is 4.04. The number of hydrogen-bond donors (Lipinski definition) is 2. The number of carbonyl (C=O) groups is 1. The van der Waals surface area contributed by atoms with Crippen LogP contribution in [-0.2, 0) is 20.9 Å². The van der Waals surface area contributed by atoms with Gasteiger partial charge in [0.05, 0.1) is 18.2 Å². The number of aliphatic hydroxyl groups excluding tert-OH is 2. The first kappa shape index (κ1) is 42.0. The predicted molar refractivity (Wildman–Crippen MR) is 236 cm³/mol. The molecular weight excluding hydrogens is 785 g/mol. The minimum Gasteiger partial charge on any atom is -0.459 e. The van der Waals surface area contributed by atoms with Gasteiger partial charge in [0.2, 0.25) is 18.5 Å². The van der Waals surface area contributed by atoms with Crippen LogP contribution in [0.25, 0.3) is 10.8 Å². The van der Waals surface area contributed by atoms with E-state index in [2.05, 4.69) is 43.0 Å². The van der Waals surface area contributed by atoms with E-state index in [1.807, 2.05) is 60.4 Å². The Bertz CT molecular complexity index is 2320. The Morgan fingerprint density at radius 1 is 0.903 bits per heavy atom. The van der Waals surface area contributed by atoms with E-state index in [0.717, 1.165) is 77.5 Å². The first-order chi connectivity index (χ1) is 30.4. The Hall–Kier alpha value is -5.36. The van der Waals surface area contributed by atoms with Crippen molar-refractivity contribution < 1.29 is 43.5 Å². The van der Waals surface area contributed by atoms with Crippen LogP contribution in [0, 0.1) is 23.7 Å². The van der Waals surface area contributed by atoms with Crippen molar-refractivity contribution in [1.82, 2.24) is 4.90 Å². The van der Waals surface area contributed by atoms with E-state index in [-0.39, 0.29) is 56.2 Å². The number of aliphatic hydroxyl groups is 2. The molecule has 0 aromatic heterocycles. The fourth-order valence-corrected chi connectivity index (χ4v) is 10.4. The highest BCUT2D eigenvalue weighted by molar-refractivity contribution is 6.03. The van der Waals surface area contributed by atoms with Crippen molar-refractivity contribution in [3.8, 4) is 28.7 Å². The summed E-state index contributed by atoms with van der Waals surface area (Å²) in [5.74, 6) is 1.67. The van der Waals surface area contributed by atoms with E-state index in [0.29, 0.717) is 55.4 Å². The number of unbranched alkanes of at least 4 members (excludes halogenated alkanes) is 2. The normalized spacial score (nSPS) is 25.0. The van der Waals surface area contributed by atoms with Crippen LogP contribution < -0.4 is 18.9 Å². The molecule has 3 aliphatic carbocycles. The first-order valence-corrected chi connectivity index (χ1v) is 22.5. The van der Waals surface area contributed by atoms with Gasteiger partial charge in [-0.15, -0.1) is 6.58 Å². The summed E-state index contributed by atoms with van der Waals surface area (Å²) in [7, 11) is 0. The van der Waals surface area contributed by atoms with Gasteiger partial charge in [-0.05, 0) is 122 Å². The van der Waals surface area contributed by atoms with Crippen LogP contribution in [0.3, 0.4) is 0 Å². The van der Waals surface area contributed by atoms with E-state index >= 15 is 0 Å². The number of fused-ring (bicyclic) bond motifs is 4. The molecule has 1 amide bonds. The third-order valence-electron chi connectivity index (χ3n) is 13.3. The zero-order chi connectivity index (χ0) is 42.6. The maximum absolute atomic E-state index is 14.9. The van der Waals surface area contributed by atoms with E-state index < -0.39 is 17.7 Å². The monoisotopic (exact) mass is 842 g/mol. The van der Waals surface area contributed by atoms with Gasteiger partial charge in [0.25, 0.3) is 0 Å². The molecule has 2 heterocycles.